The predicted molar refractivity (Wildman–Crippen MR) is 154 cm³/mol. The van der Waals surface area contributed by atoms with Gasteiger partial charge in [-0.15, -0.1) is 0 Å². The number of nitrogens with one attached hydrogen (secondary N) is 3. The maximum Gasteiger partial charge on any atom is 0.227 e. The van der Waals surface area contributed by atoms with Gasteiger partial charge in [0, 0.05) is 28.8 Å². The largest absolute Gasteiger partial charge is 0.338 e. The number of nitrogens with zero attached hydrogens (tertiary/aromatic N) is 1. The third-order valence-electron chi connectivity index (χ3n) is 7.59. The van der Waals surface area contributed by atoms with Gasteiger partial charge in [-0.05, 0) is 73.7 Å². The van der Waals surface area contributed by atoms with E-state index in [2.05, 4.69) is 27.8 Å². The Morgan fingerprint density at radius 3 is 2.32 bits per heavy atom. The first-order valence-corrected chi connectivity index (χ1v) is 13.8. The highest BCUT2D eigenvalue weighted by Crippen LogP contribution is 2.27. The Hall–Kier alpha value is -3.93. The zero-order chi connectivity index (χ0) is 26.3. The normalized spacial score (nSPS) is 15.1. The molecule has 0 radical (unpaired) electrons. The molecule has 6 nitrogen and oxygen atoms in total. The standard InChI is InChI=1S/C32H36N4O2/c1-2-23(20-22-10-6-5-7-11-22)31(37)34-27-18-19-28-29(21-27)36-30(35-28)24-14-16-26(17-15-24)33-32(38)25-12-8-3-4-9-13-25/h5-7,10-11,14-19,21,23,25H,2-4,8-9,12-13,20H2,1H3,(H,33,38)(H,34,37)(H,35,36). The van der Waals surface area contributed by atoms with Crippen molar-refractivity contribution in [2.75, 3.05) is 10.6 Å². The molecule has 1 aliphatic rings. The molecule has 1 aromatic heterocycles. The number of aromatic amines is 1. The van der Waals surface area contributed by atoms with Gasteiger partial charge < -0.3 is 15.6 Å². The number of benzene rings is 3. The molecular weight excluding hydrogens is 472 g/mol. The number of fused-ring (bicyclic) bond motifs is 1. The summed E-state index contributed by atoms with van der Waals surface area (Å²) in [6.07, 6.45) is 8.21. The minimum Gasteiger partial charge on any atom is -0.338 e. The van der Waals surface area contributed by atoms with Crippen molar-refractivity contribution in [1.29, 1.82) is 0 Å². The Bertz CT molecular complexity index is 1370. The lowest BCUT2D eigenvalue weighted by Gasteiger charge is -2.15. The molecule has 0 spiro atoms. The van der Waals surface area contributed by atoms with Crippen molar-refractivity contribution in [3.05, 3.63) is 78.4 Å². The molecule has 3 aromatic carbocycles. The lowest BCUT2D eigenvalue weighted by atomic mass is 9.96. The number of carbonyl (C=O) groups excluding carboxylic acids is 2. The summed E-state index contributed by atoms with van der Waals surface area (Å²) in [6, 6.07) is 23.7. The molecule has 4 aromatic rings. The molecule has 0 saturated heterocycles. The number of carbonyl (C=O) groups is 2. The lowest BCUT2D eigenvalue weighted by Crippen LogP contribution is -2.24. The van der Waals surface area contributed by atoms with Gasteiger partial charge in [0.05, 0.1) is 11.0 Å². The molecule has 1 atom stereocenters. The fourth-order valence-corrected chi connectivity index (χ4v) is 5.29. The number of hydrogen-bond acceptors (Lipinski definition) is 3. The topological polar surface area (TPSA) is 86.9 Å². The van der Waals surface area contributed by atoms with Crippen LogP contribution >= 0.6 is 0 Å². The van der Waals surface area contributed by atoms with Gasteiger partial charge in [-0.1, -0.05) is 62.9 Å². The Kier molecular flexibility index (Phi) is 8.17. The van der Waals surface area contributed by atoms with E-state index in [-0.39, 0.29) is 23.7 Å². The van der Waals surface area contributed by atoms with Crippen LogP contribution < -0.4 is 10.6 Å². The van der Waals surface area contributed by atoms with Crippen molar-refractivity contribution in [3.63, 3.8) is 0 Å². The van der Waals surface area contributed by atoms with Gasteiger partial charge in [-0.3, -0.25) is 9.59 Å². The van der Waals surface area contributed by atoms with Crippen LogP contribution in [0.3, 0.4) is 0 Å². The fourth-order valence-electron chi connectivity index (χ4n) is 5.29. The van der Waals surface area contributed by atoms with Crippen LogP contribution in [0.25, 0.3) is 22.4 Å². The summed E-state index contributed by atoms with van der Waals surface area (Å²) in [7, 11) is 0. The van der Waals surface area contributed by atoms with Gasteiger partial charge in [0.2, 0.25) is 11.8 Å². The maximum atomic E-state index is 13.0. The summed E-state index contributed by atoms with van der Waals surface area (Å²) in [4.78, 5) is 33.8. The highest BCUT2D eigenvalue weighted by atomic mass is 16.2. The number of rotatable bonds is 8. The van der Waals surface area contributed by atoms with Crippen molar-refractivity contribution in [3.8, 4) is 11.4 Å². The van der Waals surface area contributed by atoms with Crippen LogP contribution in [-0.4, -0.2) is 21.8 Å². The molecule has 1 heterocycles. The molecular formula is C32H36N4O2. The number of hydrogen-bond donors (Lipinski definition) is 3. The smallest absolute Gasteiger partial charge is 0.227 e. The number of H-pyrrole nitrogens is 1. The summed E-state index contributed by atoms with van der Waals surface area (Å²) in [5.41, 5.74) is 5.36. The van der Waals surface area contributed by atoms with Crippen LogP contribution in [0.4, 0.5) is 11.4 Å². The van der Waals surface area contributed by atoms with Crippen LogP contribution in [0.1, 0.15) is 57.4 Å². The third-order valence-corrected chi connectivity index (χ3v) is 7.59. The van der Waals surface area contributed by atoms with Gasteiger partial charge in [0.25, 0.3) is 0 Å². The van der Waals surface area contributed by atoms with Crippen LogP contribution in [-0.2, 0) is 16.0 Å². The van der Waals surface area contributed by atoms with E-state index >= 15 is 0 Å². The fraction of sp³-hybridized carbons (Fsp3) is 0.344. The van der Waals surface area contributed by atoms with E-state index in [4.69, 9.17) is 4.98 Å². The first-order chi connectivity index (χ1) is 18.6. The van der Waals surface area contributed by atoms with E-state index in [1.165, 1.54) is 12.8 Å². The summed E-state index contributed by atoms with van der Waals surface area (Å²) in [6.45, 7) is 2.05. The molecule has 38 heavy (non-hydrogen) atoms. The molecule has 6 heteroatoms. The summed E-state index contributed by atoms with van der Waals surface area (Å²) in [5, 5.41) is 6.17. The monoisotopic (exact) mass is 508 g/mol. The molecule has 2 amide bonds. The van der Waals surface area contributed by atoms with Crippen molar-refractivity contribution in [2.45, 2.75) is 58.3 Å². The maximum absolute atomic E-state index is 13.0. The SMILES string of the molecule is CCC(Cc1ccccc1)C(=O)Nc1ccc2nc(-c3ccc(NC(=O)C4CCCCCC4)cc3)[nH]c2c1. The highest BCUT2D eigenvalue weighted by molar-refractivity contribution is 5.95. The Morgan fingerprint density at radius 2 is 1.61 bits per heavy atom. The van der Waals surface area contributed by atoms with Crippen LogP contribution in [0, 0.1) is 11.8 Å². The highest BCUT2D eigenvalue weighted by Gasteiger charge is 2.20. The molecule has 0 aliphatic heterocycles. The minimum atomic E-state index is -0.0908. The average molecular weight is 509 g/mol. The van der Waals surface area contributed by atoms with Crippen LogP contribution in [0.15, 0.2) is 72.8 Å². The van der Waals surface area contributed by atoms with E-state index in [0.717, 1.165) is 77.9 Å². The molecule has 1 fully saturated rings. The summed E-state index contributed by atoms with van der Waals surface area (Å²) in [5.74, 6) is 0.935. The lowest BCUT2D eigenvalue weighted by molar-refractivity contribution is -0.120. The van der Waals surface area contributed by atoms with Gasteiger partial charge >= 0.3 is 0 Å². The molecule has 5 rings (SSSR count). The molecule has 1 unspecified atom stereocenters. The number of anilines is 2. The van der Waals surface area contributed by atoms with Gasteiger partial charge in [0.1, 0.15) is 5.82 Å². The summed E-state index contributed by atoms with van der Waals surface area (Å²) >= 11 is 0. The Labute approximate surface area is 224 Å². The first-order valence-electron chi connectivity index (χ1n) is 13.8. The molecule has 0 bridgehead atoms. The van der Waals surface area contributed by atoms with E-state index in [9.17, 15) is 9.59 Å². The summed E-state index contributed by atoms with van der Waals surface area (Å²) < 4.78 is 0. The third kappa shape index (κ3) is 6.31. The second-order valence-corrected chi connectivity index (χ2v) is 10.4. The average Bonchev–Trinajstić information content (AvgIpc) is 3.16. The van der Waals surface area contributed by atoms with Gasteiger partial charge in [-0.25, -0.2) is 4.98 Å². The van der Waals surface area contributed by atoms with Crippen molar-refractivity contribution in [2.24, 2.45) is 11.8 Å². The van der Waals surface area contributed by atoms with E-state index in [0.29, 0.717) is 0 Å². The van der Waals surface area contributed by atoms with Gasteiger partial charge in [0.15, 0.2) is 0 Å². The second-order valence-electron chi connectivity index (χ2n) is 10.4. The Morgan fingerprint density at radius 1 is 0.895 bits per heavy atom. The van der Waals surface area contributed by atoms with Crippen molar-refractivity contribution < 1.29 is 9.59 Å². The zero-order valence-corrected chi connectivity index (χ0v) is 22.0. The zero-order valence-electron chi connectivity index (χ0n) is 22.0. The minimum absolute atomic E-state index is 0.0249. The van der Waals surface area contributed by atoms with Gasteiger partial charge in [-0.2, -0.15) is 0 Å². The van der Waals surface area contributed by atoms with E-state index < -0.39 is 0 Å². The number of aromatic nitrogens is 2. The molecule has 196 valence electrons. The molecule has 3 N–H and O–H groups in total. The first kappa shape index (κ1) is 25.7. The quantitative estimate of drug-likeness (QED) is 0.218. The van der Waals surface area contributed by atoms with E-state index in [1.54, 1.807) is 0 Å². The van der Waals surface area contributed by atoms with Crippen LogP contribution in [0.5, 0.6) is 0 Å². The number of imidazole rings is 1. The van der Waals surface area contributed by atoms with Crippen LogP contribution in [0.2, 0.25) is 0 Å². The van der Waals surface area contributed by atoms with Crippen molar-refractivity contribution >= 4 is 34.2 Å². The molecule has 1 saturated carbocycles. The predicted octanol–water partition coefficient (Wildman–Crippen LogP) is 7.35. The second kappa shape index (κ2) is 12.1. The Balaban J connectivity index is 1.24. The van der Waals surface area contributed by atoms with E-state index in [1.807, 2.05) is 67.6 Å². The molecule has 1 aliphatic carbocycles. The number of amides is 2. The van der Waals surface area contributed by atoms with Crippen molar-refractivity contribution in [1.82, 2.24) is 9.97 Å².